The highest BCUT2D eigenvalue weighted by molar-refractivity contribution is 5.89. The molecule has 2 atom stereocenters. The van der Waals surface area contributed by atoms with Crippen LogP contribution < -0.4 is 0 Å². The second-order valence-electron chi connectivity index (χ2n) is 6.70. The van der Waals surface area contributed by atoms with Crippen LogP contribution in [0.5, 0.6) is 0 Å². The first-order valence-electron chi connectivity index (χ1n) is 7.81. The van der Waals surface area contributed by atoms with Crippen molar-refractivity contribution < 1.29 is 9.53 Å². The van der Waals surface area contributed by atoms with Gasteiger partial charge in [-0.05, 0) is 44.9 Å². The van der Waals surface area contributed by atoms with Crippen LogP contribution in [0.3, 0.4) is 0 Å². The van der Waals surface area contributed by atoms with Crippen LogP contribution >= 0.6 is 0 Å². The Kier molecular flexibility index (Phi) is 3.39. The van der Waals surface area contributed by atoms with Crippen LogP contribution in [0.2, 0.25) is 0 Å². The molecule has 19 heavy (non-hydrogen) atoms. The number of hydrogen-bond acceptors (Lipinski definition) is 3. The maximum atomic E-state index is 12.0. The van der Waals surface area contributed by atoms with E-state index in [4.69, 9.17) is 4.74 Å². The fraction of sp³-hybridized carbons (Fsp3) is 0.875. The molecule has 3 fully saturated rings. The van der Waals surface area contributed by atoms with Gasteiger partial charge in [-0.2, -0.15) is 5.26 Å². The minimum atomic E-state index is -0.717. The molecule has 0 aromatic heterocycles. The van der Waals surface area contributed by atoms with E-state index in [0.717, 1.165) is 25.7 Å². The molecule has 1 heterocycles. The molecule has 1 saturated heterocycles. The summed E-state index contributed by atoms with van der Waals surface area (Å²) in [5, 5.41) is 9.42. The molecule has 0 amide bonds. The fourth-order valence-electron chi connectivity index (χ4n) is 4.30. The highest BCUT2D eigenvalue weighted by atomic mass is 16.5. The molecule has 0 bridgehead atoms. The summed E-state index contributed by atoms with van der Waals surface area (Å²) in [5.74, 6) is 0.156. The van der Waals surface area contributed by atoms with Gasteiger partial charge in [0.25, 0.3) is 0 Å². The van der Waals surface area contributed by atoms with Gasteiger partial charge in [0.1, 0.15) is 5.41 Å². The summed E-state index contributed by atoms with van der Waals surface area (Å²) in [7, 11) is 0. The van der Waals surface area contributed by atoms with Gasteiger partial charge in [0.2, 0.25) is 0 Å². The highest BCUT2D eigenvalue weighted by Crippen LogP contribution is 2.47. The summed E-state index contributed by atoms with van der Waals surface area (Å²) in [5.41, 5.74) is -0.619. The maximum absolute atomic E-state index is 12.0. The predicted molar refractivity (Wildman–Crippen MR) is 71.4 cm³/mol. The van der Waals surface area contributed by atoms with Crippen LogP contribution in [0.25, 0.3) is 0 Å². The number of carbonyl (C=O) groups is 1. The zero-order chi connectivity index (χ0) is 13.3. The second kappa shape index (κ2) is 4.90. The van der Waals surface area contributed by atoms with Crippen LogP contribution in [0.4, 0.5) is 0 Å². The lowest BCUT2D eigenvalue weighted by Gasteiger charge is -2.34. The largest absolute Gasteiger partial charge is 0.372 e. The first-order valence-corrected chi connectivity index (χ1v) is 7.81. The lowest BCUT2D eigenvalue weighted by Crippen LogP contribution is -2.34. The first kappa shape index (κ1) is 13.1. The lowest BCUT2D eigenvalue weighted by molar-refractivity contribution is -0.126. The Morgan fingerprint density at radius 3 is 2.58 bits per heavy atom. The summed E-state index contributed by atoms with van der Waals surface area (Å²) in [6.07, 6.45) is 11.4. The SMILES string of the molecule is N#CC1(CC2CCC3(CCCCC3)O2)CCCC1=O. The molecule has 3 nitrogen and oxygen atoms in total. The zero-order valence-electron chi connectivity index (χ0n) is 11.6. The summed E-state index contributed by atoms with van der Waals surface area (Å²) >= 11 is 0. The Hall–Kier alpha value is -0.880. The molecule has 104 valence electrons. The standard InChI is InChI=1S/C16H23NO2/c17-12-15(7-4-5-14(15)18)11-13-6-10-16(19-13)8-2-1-3-9-16/h13H,1-11H2. The van der Waals surface area contributed by atoms with Crippen molar-refractivity contribution in [1.82, 2.24) is 0 Å². The van der Waals surface area contributed by atoms with Crippen LogP contribution in [0.1, 0.15) is 70.6 Å². The Bertz CT molecular complexity index is 405. The minimum absolute atomic E-state index is 0.0984. The van der Waals surface area contributed by atoms with Crippen LogP contribution in [-0.4, -0.2) is 17.5 Å². The molecule has 2 saturated carbocycles. The van der Waals surface area contributed by atoms with Crippen molar-refractivity contribution in [3.63, 3.8) is 0 Å². The van der Waals surface area contributed by atoms with Gasteiger partial charge >= 0.3 is 0 Å². The molecule has 1 spiro atoms. The van der Waals surface area contributed by atoms with Gasteiger partial charge in [-0.1, -0.05) is 19.3 Å². The lowest BCUT2D eigenvalue weighted by atomic mass is 9.80. The maximum Gasteiger partial charge on any atom is 0.153 e. The molecule has 3 aliphatic rings. The van der Waals surface area contributed by atoms with Gasteiger partial charge in [-0.15, -0.1) is 0 Å². The average molecular weight is 261 g/mol. The predicted octanol–water partition coefficient (Wildman–Crippen LogP) is 3.52. The molecule has 0 N–H and O–H groups in total. The van der Waals surface area contributed by atoms with Gasteiger partial charge in [0, 0.05) is 6.42 Å². The fourth-order valence-corrected chi connectivity index (χ4v) is 4.30. The third kappa shape index (κ3) is 2.31. The van der Waals surface area contributed by atoms with Gasteiger partial charge in [0.15, 0.2) is 5.78 Å². The van der Waals surface area contributed by atoms with E-state index in [1.165, 1.54) is 32.1 Å². The van der Waals surface area contributed by atoms with Crippen molar-refractivity contribution in [1.29, 1.82) is 5.26 Å². The van der Waals surface area contributed by atoms with E-state index in [2.05, 4.69) is 6.07 Å². The molecule has 0 aromatic carbocycles. The summed E-state index contributed by atoms with van der Waals surface area (Å²) in [6.45, 7) is 0. The minimum Gasteiger partial charge on any atom is -0.372 e. The van der Waals surface area contributed by atoms with Crippen molar-refractivity contribution in [2.24, 2.45) is 5.41 Å². The quantitative estimate of drug-likeness (QED) is 0.764. The van der Waals surface area contributed by atoms with Crippen LogP contribution in [0, 0.1) is 16.7 Å². The van der Waals surface area contributed by atoms with E-state index < -0.39 is 5.41 Å². The molecule has 0 aromatic rings. The Balaban J connectivity index is 1.65. The van der Waals surface area contributed by atoms with Gasteiger partial charge in [-0.3, -0.25) is 4.79 Å². The van der Waals surface area contributed by atoms with Crippen molar-refractivity contribution in [3.8, 4) is 6.07 Å². The Morgan fingerprint density at radius 2 is 1.95 bits per heavy atom. The molecule has 3 heteroatoms. The van der Waals surface area contributed by atoms with Gasteiger partial charge in [-0.25, -0.2) is 0 Å². The molecule has 2 aliphatic carbocycles. The van der Waals surface area contributed by atoms with E-state index in [1.54, 1.807) is 0 Å². The van der Waals surface area contributed by atoms with E-state index in [1.807, 2.05) is 0 Å². The molecular weight excluding hydrogens is 238 g/mol. The smallest absolute Gasteiger partial charge is 0.153 e. The monoisotopic (exact) mass is 261 g/mol. The van der Waals surface area contributed by atoms with E-state index >= 15 is 0 Å². The first-order chi connectivity index (χ1) is 9.18. The summed E-state index contributed by atoms with van der Waals surface area (Å²) in [6, 6.07) is 2.32. The summed E-state index contributed by atoms with van der Waals surface area (Å²) < 4.78 is 6.32. The Morgan fingerprint density at radius 1 is 1.16 bits per heavy atom. The second-order valence-corrected chi connectivity index (χ2v) is 6.70. The number of ether oxygens (including phenoxy) is 1. The normalized spacial score (nSPS) is 37.6. The van der Waals surface area contributed by atoms with Gasteiger partial charge < -0.3 is 4.74 Å². The van der Waals surface area contributed by atoms with Gasteiger partial charge in [0.05, 0.1) is 17.8 Å². The van der Waals surface area contributed by atoms with Crippen molar-refractivity contribution in [2.75, 3.05) is 0 Å². The molecule has 2 unspecified atom stereocenters. The number of rotatable bonds is 2. The number of carbonyl (C=O) groups excluding carboxylic acids is 1. The van der Waals surface area contributed by atoms with E-state index in [-0.39, 0.29) is 17.5 Å². The van der Waals surface area contributed by atoms with Crippen molar-refractivity contribution in [2.45, 2.75) is 82.3 Å². The molecule has 1 aliphatic heterocycles. The third-order valence-corrected chi connectivity index (χ3v) is 5.43. The number of ketones is 1. The molecular formula is C16H23NO2. The molecule has 0 radical (unpaired) electrons. The van der Waals surface area contributed by atoms with E-state index in [9.17, 15) is 10.1 Å². The van der Waals surface area contributed by atoms with E-state index in [0.29, 0.717) is 12.8 Å². The molecule has 3 rings (SSSR count). The van der Waals surface area contributed by atoms with Crippen molar-refractivity contribution >= 4 is 5.78 Å². The van der Waals surface area contributed by atoms with Crippen LogP contribution in [-0.2, 0) is 9.53 Å². The highest BCUT2D eigenvalue weighted by Gasteiger charge is 2.48. The third-order valence-electron chi connectivity index (χ3n) is 5.43. The number of nitrogens with zero attached hydrogens (tertiary/aromatic N) is 1. The zero-order valence-corrected chi connectivity index (χ0v) is 11.6. The number of nitriles is 1. The van der Waals surface area contributed by atoms with Crippen molar-refractivity contribution in [3.05, 3.63) is 0 Å². The summed E-state index contributed by atoms with van der Waals surface area (Å²) in [4.78, 5) is 12.0. The number of hydrogen-bond donors (Lipinski definition) is 0. The number of Topliss-reactive ketones (excluding diaryl/α,β-unsaturated/α-hetero) is 1. The average Bonchev–Trinajstić information content (AvgIpc) is 2.97. The van der Waals surface area contributed by atoms with Crippen LogP contribution in [0.15, 0.2) is 0 Å². The Labute approximate surface area is 115 Å². The topological polar surface area (TPSA) is 50.1 Å².